The van der Waals surface area contributed by atoms with Gasteiger partial charge in [0.05, 0.1) is 17.3 Å². The zero-order chi connectivity index (χ0) is 14.1. The highest BCUT2D eigenvalue weighted by Gasteiger charge is 2.35. The van der Waals surface area contributed by atoms with Gasteiger partial charge in [-0.15, -0.1) is 0 Å². The molecule has 2 amide bonds. The zero-order valence-electron chi connectivity index (χ0n) is 10.3. The van der Waals surface area contributed by atoms with E-state index >= 15 is 0 Å². The number of fused-ring (bicyclic) bond motifs is 1. The molecule has 0 fully saturated rings. The Kier molecular flexibility index (Phi) is 3.08. The molecule has 0 radical (unpaired) electrons. The predicted molar refractivity (Wildman–Crippen MR) is 76.0 cm³/mol. The molecule has 4 nitrogen and oxygen atoms in total. The molecule has 2 aromatic rings. The fourth-order valence-corrected chi connectivity index (χ4v) is 2.17. The summed E-state index contributed by atoms with van der Waals surface area (Å²) in [6.07, 6.45) is 1.41. The van der Waals surface area contributed by atoms with Gasteiger partial charge in [0.2, 0.25) is 0 Å². The van der Waals surface area contributed by atoms with E-state index in [0.29, 0.717) is 21.7 Å². The van der Waals surface area contributed by atoms with E-state index in [1.807, 2.05) is 0 Å². The first kappa shape index (κ1) is 12.6. The standard InChI is InChI=1S/C15H9ClN2O2/c16-13-8-4-1-5-10(13)9-17-18-14(19)11-6-2-3-7-12(11)15(18)20/h1-9H/b17-9+. The monoisotopic (exact) mass is 284 g/mol. The van der Waals surface area contributed by atoms with Gasteiger partial charge >= 0.3 is 0 Å². The highest BCUT2D eigenvalue weighted by Crippen LogP contribution is 2.22. The Morgan fingerprint density at radius 1 is 0.900 bits per heavy atom. The van der Waals surface area contributed by atoms with Gasteiger partial charge in [-0.25, -0.2) is 0 Å². The number of benzene rings is 2. The van der Waals surface area contributed by atoms with Crippen LogP contribution < -0.4 is 0 Å². The first-order valence-electron chi connectivity index (χ1n) is 5.95. The number of hydrogen-bond donors (Lipinski definition) is 0. The third-order valence-electron chi connectivity index (χ3n) is 2.99. The zero-order valence-corrected chi connectivity index (χ0v) is 11.0. The van der Waals surface area contributed by atoms with Crippen LogP contribution in [0.25, 0.3) is 0 Å². The lowest BCUT2D eigenvalue weighted by Gasteiger charge is -2.05. The van der Waals surface area contributed by atoms with Crippen molar-refractivity contribution in [1.29, 1.82) is 0 Å². The van der Waals surface area contributed by atoms with E-state index in [1.165, 1.54) is 6.21 Å². The molecule has 1 aliphatic rings. The van der Waals surface area contributed by atoms with Crippen molar-refractivity contribution in [3.63, 3.8) is 0 Å². The van der Waals surface area contributed by atoms with Gasteiger partial charge in [-0.1, -0.05) is 41.9 Å². The summed E-state index contributed by atoms with van der Waals surface area (Å²) < 4.78 is 0. The number of imide groups is 1. The molecule has 0 unspecified atom stereocenters. The molecule has 0 aliphatic carbocycles. The summed E-state index contributed by atoms with van der Waals surface area (Å²) in [5, 5.41) is 5.32. The first-order valence-corrected chi connectivity index (χ1v) is 6.32. The van der Waals surface area contributed by atoms with Gasteiger partial charge < -0.3 is 0 Å². The Balaban J connectivity index is 1.93. The maximum absolute atomic E-state index is 12.1. The van der Waals surface area contributed by atoms with Crippen LogP contribution in [0.1, 0.15) is 26.3 Å². The summed E-state index contributed by atoms with van der Waals surface area (Å²) in [4.78, 5) is 24.1. The van der Waals surface area contributed by atoms with Crippen LogP contribution in [-0.2, 0) is 0 Å². The predicted octanol–water partition coefficient (Wildman–Crippen LogP) is 2.97. The van der Waals surface area contributed by atoms with Gasteiger partial charge in [-0.2, -0.15) is 10.1 Å². The molecule has 0 atom stereocenters. The number of halogens is 1. The van der Waals surface area contributed by atoms with Crippen molar-refractivity contribution in [3.05, 3.63) is 70.2 Å². The van der Waals surface area contributed by atoms with Crippen molar-refractivity contribution < 1.29 is 9.59 Å². The fraction of sp³-hybridized carbons (Fsp3) is 0. The maximum Gasteiger partial charge on any atom is 0.282 e. The minimum atomic E-state index is -0.422. The Hall–Kier alpha value is -2.46. The number of carbonyl (C=O) groups is 2. The molecule has 0 aromatic heterocycles. The van der Waals surface area contributed by atoms with Crippen LogP contribution in [0, 0.1) is 0 Å². The van der Waals surface area contributed by atoms with Crippen molar-refractivity contribution in [1.82, 2.24) is 5.01 Å². The Morgan fingerprint density at radius 2 is 1.45 bits per heavy atom. The highest BCUT2D eigenvalue weighted by atomic mass is 35.5. The number of nitrogens with zero attached hydrogens (tertiary/aromatic N) is 2. The van der Waals surface area contributed by atoms with Crippen LogP contribution in [0.3, 0.4) is 0 Å². The lowest BCUT2D eigenvalue weighted by atomic mass is 10.1. The SMILES string of the molecule is O=C1c2ccccc2C(=O)N1/N=C/c1ccccc1Cl. The van der Waals surface area contributed by atoms with Crippen molar-refractivity contribution in [3.8, 4) is 0 Å². The van der Waals surface area contributed by atoms with E-state index in [-0.39, 0.29) is 0 Å². The minimum Gasteiger partial charge on any atom is -0.267 e. The van der Waals surface area contributed by atoms with E-state index < -0.39 is 11.8 Å². The third kappa shape index (κ3) is 2.00. The third-order valence-corrected chi connectivity index (χ3v) is 3.33. The Bertz CT molecular complexity index is 705. The lowest BCUT2D eigenvalue weighted by molar-refractivity contribution is 0.0660. The molecule has 0 saturated heterocycles. The summed E-state index contributed by atoms with van der Waals surface area (Å²) in [7, 11) is 0. The van der Waals surface area contributed by atoms with Crippen molar-refractivity contribution in [2.45, 2.75) is 0 Å². The number of rotatable bonds is 2. The van der Waals surface area contributed by atoms with E-state index in [2.05, 4.69) is 5.10 Å². The second-order valence-electron chi connectivity index (χ2n) is 4.23. The van der Waals surface area contributed by atoms with Gasteiger partial charge in [0.15, 0.2) is 0 Å². The topological polar surface area (TPSA) is 49.7 Å². The van der Waals surface area contributed by atoms with Crippen molar-refractivity contribution >= 4 is 29.6 Å². The van der Waals surface area contributed by atoms with Crippen LogP contribution in [0.5, 0.6) is 0 Å². The number of hydrogen-bond acceptors (Lipinski definition) is 3. The maximum atomic E-state index is 12.1. The summed E-state index contributed by atoms with van der Waals surface area (Å²) in [5.74, 6) is -0.845. The summed E-state index contributed by atoms with van der Waals surface area (Å²) in [5.41, 5.74) is 1.38. The molecule has 20 heavy (non-hydrogen) atoms. The van der Waals surface area contributed by atoms with Crippen LogP contribution in [0.15, 0.2) is 53.6 Å². The number of carbonyl (C=O) groups excluding carboxylic acids is 2. The molecule has 1 aliphatic heterocycles. The minimum absolute atomic E-state index is 0.369. The normalized spacial score (nSPS) is 14.2. The van der Waals surface area contributed by atoms with Gasteiger partial charge in [0, 0.05) is 10.6 Å². The second-order valence-corrected chi connectivity index (χ2v) is 4.64. The van der Waals surface area contributed by atoms with Crippen LogP contribution >= 0.6 is 11.6 Å². The quantitative estimate of drug-likeness (QED) is 0.629. The van der Waals surface area contributed by atoms with Crippen molar-refractivity contribution in [2.24, 2.45) is 5.10 Å². The summed E-state index contributed by atoms with van der Waals surface area (Å²) >= 11 is 5.99. The highest BCUT2D eigenvalue weighted by molar-refractivity contribution is 6.33. The van der Waals surface area contributed by atoms with Crippen LogP contribution in [0.2, 0.25) is 5.02 Å². The van der Waals surface area contributed by atoms with Crippen LogP contribution in [-0.4, -0.2) is 23.0 Å². The first-order chi connectivity index (χ1) is 9.68. The molecule has 0 spiro atoms. The van der Waals surface area contributed by atoms with Gasteiger partial charge in [-0.05, 0) is 18.2 Å². The molecular formula is C15H9ClN2O2. The fourth-order valence-electron chi connectivity index (χ4n) is 1.98. The number of hydrazone groups is 1. The molecule has 0 bridgehead atoms. The molecule has 5 heteroatoms. The molecule has 2 aromatic carbocycles. The Morgan fingerprint density at radius 3 is 2.05 bits per heavy atom. The van der Waals surface area contributed by atoms with E-state index in [1.54, 1.807) is 48.5 Å². The number of amides is 2. The average molecular weight is 285 g/mol. The van der Waals surface area contributed by atoms with Gasteiger partial charge in [0.1, 0.15) is 0 Å². The van der Waals surface area contributed by atoms with Crippen LogP contribution in [0.4, 0.5) is 0 Å². The van der Waals surface area contributed by atoms with E-state index in [4.69, 9.17) is 11.6 Å². The molecule has 3 rings (SSSR count). The summed E-state index contributed by atoms with van der Waals surface area (Å²) in [6.45, 7) is 0. The van der Waals surface area contributed by atoms with Gasteiger partial charge in [-0.3, -0.25) is 9.59 Å². The molecule has 0 N–H and O–H groups in total. The lowest BCUT2D eigenvalue weighted by Crippen LogP contribution is -2.24. The average Bonchev–Trinajstić information content (AvgIpc) is 2.71. The van der Waals surface area contributed by atoms with E-state index in [9.17, 15) is 9.59 Å². The largest absolute Gasteiger partial charge is 0.282 e. The van der Waals surface area contributed by atoms with Gasteiger partial charge in [0.25, 0.3) is 11.8 Å². The Labute approximate surface area is 120 Å². The molecule has 98 valence electrons. The summed E-state index contributed by atoms with van der Waals surface area (Å²) in [6, 6.07) is 13.7. The van der Waals surface area contributed by atoms with Crippen molar-refractivity contribution in [2.75, 3.05) is 0 Å². The molecular weight excluding hydrogens is 276 g/mol. The molecule has 1 heterocycles. The molecule has 0 saturated carbocycles. The smallest absolute Gasteiger partial charge is 0.267 e. The second kappa shape index (κ2) is 4.90. The van der Waals surface area contributed by atoms with E-state index in [0.717, 1.165) is 5.01 Å².